The van der Waals surface area contributed by atoms with Crippen LogP contribution in [0.15, 0.2) is 91.0 Å². The van der Waals surface area contributed by atoms with Crippen molar-refractivity contribution < 1.29 is 0 Å². The van der Waals surface area contributed by atoms with Crippen molar-refractivity contribution in [3.8, 4) is 0 Å². The van der Waals surface area contributed by atoms with Gasteiger partial charge in [-0.3, -0.25) is 0 Å². The lowest BCUT2D eigenvalue weighted by Gasteiger charge is -2.18. The van der Waals surface area contributed by atoms with Gasteiger partial charge in [-0.1, -0.05) is 169 Å². The molecule has 0 saturated carbocycles. The molecule has 0 aliphatic rings. The second-order valence-corrected chi connectivity index (χ2v) is 10.4. The number of halogens is 1. The molecule has 0 aliphatic carbocycles. The van der Waals surface area contributed by atoms with Crippen molar-refractivity contribution >= 4 is 40.8 Å². The molecule has 32 heavy (non-hydrogen) atoms. The molecule has 3 aromatic rings. The molecular formula is C30H42BrP. The highest BCUT2D eigenvalue weighted by molar-refractivity contribution is 8.93. The molecule has 0 amide bonds. The van der Waals surface area contributed by atoms with E-state index in [0.717, 1.165) is 0 Å². The second-order valence-electron chi connectivity index (χ2n) is 8.17. The Hall–Kier alpha value is -1.43. The van der Waals surface area contributed by atoms with Crippen molar-refractivity contribution in [2.45, 2.75) is 78.1 Å². The highest BCUT2D eigenvalue weighted by atomic mass is 79.9. The summed E-state index contributed by atoms with van der Waals surface area (Å²) in [7, 11) is -0.446. The van der Waals surface area contributed by atoms with Crippen molar-refractivity contribution in [2.24, 2.45) is 0 Å². The van der Waals surface area contributed by atoms with Crippen molar-refractivity contribution in [3.63, 3.8) is 0 Å². The van der Waals surface area contributed by atoms with E-state index in [2.05, 4.69) is 105 Å². The molecule has 0 nitrogen and oxygen atoms in total. The predicted molar refractivity (Wildman–Crippen MR) is 153 cm³/mol. The number of hydrogen-bond acceptors (Lipinski definition) is 0. The molecule has 3 rings (SSSR count). The molecule has 0 unspecified atom stereocenters. The minimum absolute atomic E-state index is 0. The fraction of sp³-hybridized carbons (Fsp3) is 0.400. The third-order valence-electron chi connectivity index (χ3n) is 5.50. The third kappa shape index (κ3) is 11.4. The molecule has 0 bridgehead atoms. The van der Waals surface area contributed by atoms with E-state index >= 15 is 0 Å². The predicted octanol–water partition coefficient (Wildman–Crippen LogP) is 8.95. The first-order valence-electron chi connectivity index (χ1n) is 12.3. The summed E-state index contributed by atoms with van der Waals surface area (Å²) in [6.07, 6.45) is 14.4. The average molecular weight is 514 g/mol. The summed E-state index contributed by atoms with van der Waals surface area (Å²) in [4.78, 5) is 0. The molecule has 0 spiro atoms. The summed E-state index contributed by atoms with van der Waals surface area (Å²) in [5.74, 6) is 0. The highest BCUT2D eigenvalue weighted by Crippen LogP contribution is 2.32. The minimum Gasteiger partial charge on any atom is -0.114 e. The van der Waals surface area contributed by atoms with E-state index in [4.69, 9.17) is 0 Å². The van der Waals surface area contributed by atoms with Gasteiger partial charge in [-0.2, -0.15) is 0 Å². The lowest BCUT2D eigenvalue weighted by molar-refractivity contribution is 0.562. The molecule has 3 aromatic carbocycles. The van der Waals surface area contributed by atoms with Crippen LogP contribution in [0.2, 0.25) is 0 Å². The number of unbranched alkanes of at least 4 members (excludes halogenated alkanes) is 9. The van der Waals surface area contributed by atoms with E-state index in [1.807, 2.05) is 0 Å². The van der Waals surface area contributed by atoms with Crippen LogP contribution >= 0.6 is 24.9 Å². The Morgan fingerprint density at radius 3 is 0.906 bits per heavy atom. The van der Waals surface area contributed by atoms with Crippen LogP contribution in [0.5, 0.6) is 0 Å². The lowest BCUT2D eigenvalue weighted by atomic mass is 10.1. The molecule has 0 atom stereocenters. The monoisotopic (exact) mass is 512 g/mol. The molecule has 0 aromatic heterocycles. The van der Waals surface area contributed by atoms with E-state index in [-0.39, 0.29) is 17.0 Å². The molecule has 0 fully saturated rings. The maximum atomic E-state index is 2.28. The van der Waals surface area contributed by atoms with Gasteiger partial charge in [0.2, 0.25) is 0 Å². The number of benzene rings is 3. The summed E-state index contributed by atoms with van der Waals surface area (Å²) >= 11 is 0. The molecule has 0 heterocycles. The Kier molecular flexibility index (Phi) is 17.1. The first kappa shape index (κ1) is 28.6. The first-order valence-corrected chi connectivity index (χ1v) is 13.7. The van der Waals surface area contributed by atoms with Crippen LogP contribution in [-0.4, -0.2) is 0 Å². The van der Waals surface area contributed by atoms with Gasteiger partial charge in [-0.25, -0.2) is 0 Å². The maximum absolute atomic E-state index is 2.28. The maximum Gasteiger partial charge on any atom is -0.0134 e. The fourth-order valence-corrected chi connectivity index (χ4v) is 6.04. The van der Waals surface area contributed by atoms with Gasteiger partial charge in [-0.15, -0.1) is 17.0 Å². The Balaban J connectivity index is 0.000000346. The van der Waals surface area contributed by atoms with Crippen molar-refractivity contribution in [2.75, 3.05) is 0 Å². The summed E-state index contributed by atoms with van der Waals surface area (Å²) in [6.45, 7) is 4.56. The van der Waals surface area contributed by atoms with Gasteiger partial charge in [0.15, 0.2) is 0 Å². The van der Waals surface area contributed by atoms with Crippen LogP contribution in [0.1, 0.15) is 78.1 Å². The summed E-state index contributed by atoms with van der Waals surface area (Å²) in [6, 6.07) is 32.3. The van der Waals surface area contributed by atoms with Crippen LogP contribution < -0.4 is 15.9 Å². The quantitative estimate of drug-likeness (QED) is 0.168. The topological polar surface area (TPSA) is 0 Å². The Bertz CT molecular complexity index is 670. The highest BCUT2D eigenvalue weighted by Gasteiger charge is 2.14. The minimum atomic E-state index is -0.446. The summed E-state index contributed by atoms with van der Waals surface area (Å²) in [5.41, 5.74) is 0. The van der Waals surface area contributed by atoms with E-state index in [1.165, 1.54) is 80.1 Å². The number of hydrogen-bond donors (Lipinski definition) is 0. The normalized spacial score (nSPS) is 10.2. The molecule has 0 radical (unpaired) electrons. The van der Waals surface area contributed by atoms with Crippen molar-refractivity contribution in [1.29, 1.82) is 0 Å². The van der Waals surface area contributed by atoms with E-state index in [0.29, 0.717) is 0 Å². The zero-order valence-corrected chi connectivity index (χ0v) is 22.7. The first-order chi connectivity index (χ1) is 15.4. The Morgan fingerprint density at radius 2 is 0.656 bits per heavy atom. The SMILES string of the molecule is Br.CCCCCCCCCCCC.c1ccc(P(c2ccccc2)c2ccccc2)cc1. The van der Waals surface area contributed by atoms with Gasteiger partial charge in [0.1, 0.15) is 0 Å². The van der Waals surface area contributed by atoms with Crippen molar-refractivity contribution in [3.05, 3.63) is 91.0 Å². The van der Waals surface area contributed by atoms with E-state index < -0.39 is 7.92 Å². The molecule has 174 valence electrons. The summed E-state index contributed by atoms with van der Waals surface area (Å²) in [5, 5.41) is 4.19. The standard InChI is InChI=1S/C18H15P.C12H26.BrH/c1-4-10-16(11-5-1)19(17-12-6-2-7-13-17)18-14-8-3-9-15-18;1-3-5-7-9-11-12-10-8-6-4-2;/h1-15H;3-12H2,1-2H3;1H. The molecule has 0 aliphatic heterocycles. The third-order valence-corrected chi connectivity index (χ3v) is 7.94. The average Bonchev–Trinajstić information content (AvgIpc) is 2.84. The van der Waals surface area contributed by atoms with Gasteiger partial charge >= 0.3 is 0 Å². The van der Waals surface area contributed by atoms with Gasteiger partial charge in [0.05, 0.1) is 0 Å². The molecule has 2 heteroatoms. The molecule has 0 saturated heterocycles. The number of rotatable bonds is 12. The molecule has 0 N–H and O–H groups in total. The van der Waals surface area contributed by atoms with Crippen LogP contribution in [0.4, 0.5) is 0 Å². The van der Waals surface area contributed by atoms with E-state index in [9.17, 15) is 0 Å². The van der Waals surface area contributed by atoms with Crippen LogP contribution in [0.3, 0.4) is 0 Å². The zero-order chi connectivity index (χ0) is 22.0. The summed E-state index contributed by atoms with van der Waals surface area (Å²) < 4.78 is 0. The smallest absolute Gasteiger partial charge is 0.0134 e. The largest absolute Gasteiger partial charge is 0.114 e. The second kappa shape index (κ2) is 19.1. The van der Waals surface area contributed by atoms with Crippen LogP contribution in [0.25, 0.3) is 0 Å². The van der Waals surface area contributed by atoms with Gasteiger partial charge in [0.25, 0.3) is 0 Å². The van der Waals surface area contributed by atoms with Gasteiger partial charge < -0.3 is 0 Å². The van der Waals surface area contributed by atoms with Crippen molar-refractivity contribution in [1.82, 2.24) is 0 Å². The molecular weight excluding hydrogens is 471 g/mol. The fourth-order valence-electron chi connectivity index (χ4n) is 3.74. The van der Waals surface area contributed by atoms with Crippen LogP contribution in [0, 0.1) is 0 Å². The lowest BCUT2D eigenvalue weighted by Crippen LogP contribution is -2.20. The van der Waals surface area contributed by atoms with Crippen LogP contribution in [-0.2, 0) is 0 Å². The van der Waals surface area contributed by atoms with Gasteiger partial charge in [0, 0.05) is 0 Å². The van der Waals surface area contributed by atoms with Gasteiger partial charge in [-0.05, 0) is 23.8 Å². The van der Waals surface area contributed by atoms with E-state index in [1.54, 1.807) is 0 Å². The Labute approximate surface area is 209 Å². The zero-order valence-electron chi connectivity index (χ0n) is 20.1. The Morgan fingerprint density at radius 1 is 0.406 bits per heavy atom.